The van der Waals surface area contributed by atoms with Crippen molar-refractivity contribution in [3.63, 3.8) is 0 Å². The van der Waals surface area contributed by atoms with Crippen molar-refractivity contribution in [1.29, 1.82) is 0 Å². The quantitative estimate of drug-likeness (QED) is 0.902. The Balaban J connectivity index is 1.72. The van der Waals surface area contributed by atoms with E-state index in [4.69, 9.17) is 0 Å². The smallest absolute Gasteiger partial charge is 0.130 e. The first-order valence-electron chi connectivity index (χ1n) is 7.70. The van der Waals surface area contributed by atoms with Crippen LogP contribution in [0.25, 0.3) is 0 Å². The van der Waals surface area contributed by atoms with Crippen LogP contribution in [0.15, 0.2) is 48.5 Å². The molecule has 1 heterocycles. The van der Waals surface area contributed by atoms with E-state index in [1.54, 1.807) is 0 Å². The van der Waals surface area contributed by atoms with E-state index in [2.05, 4.69) is 22.8 Å². The van der Waals surface area contributed by atoms with Gasteiger partial charge in [0.15, 0.2) is 0 Å². The van der Waals surface area contributed by atoms with Crippen molar-refractivity contribution in [2.45, 2.75) is 31.5 Å². The fourth-order valence-corrected chi connectivity index (χ4v) is 3.05. The second-order valence-electron chi connectivity index (χ2n) is 5.67. The molecule has 116 valence electrons. The van der Waals surface area contributed by atoms with Crippen molar-refractivity contribution in [2.75, 3.05) is 6.54 Å². The average Bonchev–Trinajstić information content (AvgIpc) is 2.56. The molecule has 2 nitrogen and oxygen atoms in total. The first-order valence-corrected chi connectivity index (χ1v) is 7.70. The molecule has 0 saturated carbocycles. The number of rotatable bonds is 4. The normalized spacial score (nSPS) is 21.7. The Morgan fingerprint density at radius 1 is 1.00 bits per heavy atom. The highest BCUT2D eigenvalue weighted by molar-refractivity contribution is 5.23. The van der Waals surface area contributed by atoms with E-state index < -0.39 is 11.6 Å². The fourth-order valence-electron chi connectivity index (χ4n) is 3.05. The number of nitrogens with one attached hydrogen (secondary N) is 2. The molecule has 2 unspecified atom stereocenters. The maximum atomic E-state index is 13.7. The summed E-state index contributed by atoms with van der Waals surface area (Å²) in [4.78, 5) is 0. The number of hydrogen-bond acceptors (Lipinski definition) is 2. The van der Waals surface area contributed by atoms with Gasteiger partial charge in [0.1, 0.15) is 11.6 Å². The van der Waals surface area contributed by atoms with Gasteiger partial charge < -0.3 is 10.6 Å². The molecule has 1 aliphatic heterocycles. The molecule has 0 amide bonds. The molecule has 2 aromatic rings. The van der Waals surface area contributed by atoms with Gasteiger partial charge in [-0.05, 0) is 37.1 Å². The van der Waals surface area contributed by atoms with Crippen LogP contribution in [0.5, 0.6) is 0 Å². The zero-order chi connectivity index (χ0) is 15.4. The third-order valence-electron chi connectivity index (χ3n) is 4.22. The Kier molecular flexibility index (Phi) is 4.80. The number of hydrogen-bond donors (Lipinski definition) is 2. The summed E-state index contributed by atoms with van der Waals surface area (Å²) in [5.74, 6) is -0.986. The molecule has 1 fully saturated rings. The van der Waals surface area contributed by atoms with Gasteiger partial charge in [-0.15, -0.1) is 0 Å². The van der Waals surface area contributed by atoms with Crippen LogP contribution in [0.4, 0.5) is 8.78 Å². The second kappa shape index (κ2) is 6.99. The molecule has 0 spiro atoms. The van der Waals surface area contributed by atoms with E-state index in [0.29, 0.717) is 0 Å². The minimum Gasteiger partial charge on any atom is -0.309 e. The van der Waals surface area contributed by atoms with E-state index in [9.17, 15) is 8.78 Å². The van der Waals surface area contributed by atoms with Crippen molar-refractivity contribution in [2.24, 2.45) is 0 Å². The molecule has 0 aliphatic carbocycles. The summed E-state index contributed by atoms with van der Waals surface area (Å²) in [7, 11) is 0. The van der Waals surface area contributed by atoms with Gasteiger partial charge in [0, 0.05) is 24.2 Å². The summed E-state index contributed by atoms with van der Waals surface area (Å²) >= 11 is 0. The molecule has 0 aromatic heterocycles. The van der Waals surface area contributed by atoms with Crippen molar-refractivity contribution >= 4 is 0 Å². The number of halogens is 2. The van der Waals surface area contributed by atoms with E-state index in [1.807, 2.05) is 18.2 Å². The van der Waals surface area contributed by atoms with Crippen LogP contribution in [0, 0.1) is 11.6 Å². The molecular weight excluding hydrogens is 282 g/mol. The van der Waals surface area contributed by atoms with Gasteiger partial charge in [-0.25, -0.2) is 8.78 Å². The first-order chi connectivity index (χ1) is 10.8. The Morgan fingerprint density at radius 3 is 2.45 bits per heavy atom. The molecule has 4 heteroatoms. The van der Waals surface area contributed by atoms with Crippen LogP contribution in [0.2, 0.25) is 0 Å². The largest absolute Gasteiger partial charge is 0.309 e. The number of piperidine rings is 1. The minimum atomic E-state index is -0.493. The third-order valence-corrected chi connectivity index (χ3v) is 4.22. The average molecular weight is 302 g/mol. The highest BCUT2D eigenvalue weighted by Gasteiger charge is 2.26. The van der Waals surface area contributed by atoms with Crippen molar-refractivity contribution in [3.05, 3.63) is 71.3 Å². The molecule has 2 aromatic carbocycles. The van der Waals surface area contributed by atoms with Crippen molar-refractivity contribution in [1.82, 2.24) is 10.6 Å². The Bertz CT molecular complexity index is 595. The van der Waals surface area contributed by atoms with Crippen molar-refractivity contribution in [3.8, 4) is 0 Å². The van der Waals surface area contributed by atoms with Crippen LogP contribution in [0.3, 0.4) is 0 Å². The summed E-state index contributed by atoms with van der Waals surface area (Å²) in [6.07, 6.45) is 2.05. The summed E-state index contributed by atoms with van der Waals surface area (Å²) in [5, 5.41) is 6.83. The minimum absolute atomic E-state index is 0.111. The molecule has 3 rings (SSSR count). The predicted octanol–water partition coefficient (Wildman–Crippen LogP) is 3.55. The highest BCUT2D eigenvalue weighted by atomic mass is 19.1. The van der Waals surface area contributed by atoms with Crippen LogP contribution in [0.1, 0.15) is 30.0 Å². The molecular formula is C18H20F2N2. The van der Waals surface area contributed by atoms with Gasteiger partial charge >= 0.3 is 0 Å². The molecule has 0 bridgehead atoms. The fraction of sp³-hybridized carbons (Fsp3) is 0.333. The molecule has 0 radical (unpaired) electrons. The maximum Gasteiger partial charge on any atom is 0.130 e. The van der Waals surface area contributed by atoms with E-state index in [-0.39, 0.29) is 24.2 Å². The summed E-state index contributed by atoms with van der Waals surface area (Å²) < 4.78 is 27.5. The van der Waals surface area contributed by atoms with E-state index in [0.717, 1.165) is 19.4 Å². The third kappa shape index (κ3) is 3.34. The second-order valence-corrected chi connectivity index (χ2v) is 5.67. The first kappa shape index (κ1) is 15.1. The highest BCUT2D eigenvalue weighted by Crippen LogP contribution is 2.24. The Morgan fingerprint density at radius 2 is 1.73 bits per heavy atom. The standard InChI is InChI=1S/C18H20F2N2/c19-15-8-4-9-16(20)14(15)12-22-17-10-5-11-21-18(17)13-6-2-1-3-7-13/h1-4,6-9,17-18,21-22H,5,10-12H2. The van der Waals surface area contributed by atoms with E-state index in [1.165, 1.54) is 23.8 Å². The summed E-state index contributed by atoms with van der Waals surface area (Å²) in [6, 6.07) is 14.5. The van der Waals surface area contributed by atoms with Crippen LogP contribution >= 0.6 is 0 Å². The molecule has 22 heavy (non-hydrogen) atoms. The molecule has 2 atom stereocenters. The van der Waals surface area contributed by atoms with Gasteiger partial charge in [0.05, 0.1) is 0 Å². The maximum absolute atomic E-state index is 13.7. The lowest BCUT2D eigenvalue weighted by molar-refractivity contribution is 0.302. The number of benzene rings is 2. The lowest BCUT2D eigenvalue weighted by atomic mass is 9.92. The topological polar surface area (TPSA) is 24.1 Å². The zero-order valence-corrected chi connectivity index (χ0v) is 12.4. The lowest BCUT2D eigenvalue weighted by Crippen LogP contribution is -2.45. The molecule has 1 saturated heterocycles. The zero-order valence-electron chi connectivity index (χ0n) is 12.4. The summed E-state index contributed by atoms with van der Waals surface area (Å²) in [6.45, 7) is 1.17. The molecule has 1 aliphatic rings. The predicted molar refractivity (Wildman–Crippen MR) is 83.4 cm³/mol. The van der Waals surface area contributed by atoms with Crippen LogP contribution < -0.4 is 10.6 Å². The molecule has 2 N–H and O–H groups in total. The SMILES string of the molecule is Fc1cccc(F)c1CNC1CCCNC1c1ccccc1. The van der Waals surface area contributed by atoms with Crippen LogP contribution in [-0.2, 0) is 6.54 Å². The van der Waals surface area contributed by atoms with Gasteiger partial charge in [0.2, 0.25) is 0 Å². The summed E-state index contributed by atoms with van der Waals surface area (Å²) in [5.41, 5.74) is 1.31. The van der Waals surface area contributed by atoms with Gasteiger partial charge in [-0.3, -0.25) is 0 Å². The lowest BCUT2D eigenvalue weighted by Gasteiger charge is -2.34. The Hall–Kier alpha value is -1.78. The van der Waals surface area contributed by atoms with Crippen molar-refractivity contribution < 1.29 is 8.78 Å². The van der Waals surface area contributed by atoms with E-state index >= 15 is 0 Å². The van der Waals surface area contributed by atoms with Gasteiger partial charge in [-0.1, -0.05) is 36.4 Å². The van der Waals surface area contributed by atoms with Gasteiger partial charge in [0.25, 0.3) is 0 Å². The monoisotopic (exact) mass is 302 g/mol. The van der Waals surface area contributed by atoms with Crippen LogP contribution in [-0.4, -0.2) is 12.6 Å². The Labute approximate surface area is 129 Å². The van der Waals surface area contributed by atoms with Gasteiger partial charge in [-0.2, -0.15) is 0 Å².